The molecule has 270 valence electrons. The predicted molar refractivity (Wildman–Crippen MR) is 177 cm³/mol. The number of benzene rings is 1. The first-order valence-electron chi connectivity index (χ1n) is 16.3. The van der Waals surface area contributed by atoms with Crippen LogP contribution in [0.5, 0.6) is 11.5 Å². The van der Waals surface area contributed by atoms with E-state index < -0.39 is 106 Å². The van der Waals surface area contributed by atoms with Crippen molar-refractivity contribution in [2.75, 3.05) is 7.11 Å². The number of ether oxygens (including phenoxy) is 4. The molecule has 0 spiro atoms. The van der Waals surface area contributed by atoms with E-state index in [1.165, 1.54) is 53.0 Å². The third-order valence-electron chi connectivity index (χ3n) is 9.78. The molecular weight excluding hydrogens is 673 g/mol. The van der Waals surface area contributed by atoms with Gasteiger partial charge in [-0.1, -0.05) is 51.7 Å². The number of amides is 1. The summed E-state index contributed by atoms with van der Waals surface area (Å²) in [6.07, 6.45) is 4.20. The summed E-state index contributed by atoms with van der Waals surface area (Å²) in [7, 11) is 1.41. The maximum absolute atomic E-state index is 13.9. The first-order valence-corrected chi connectivity index (χ1v) is 16.3. The van der Waals surface area contributed by atoms with E-state index in [4.69, 9.17) is 18.9 Å². The van der Waals surface area contributed by atoms with Crippen LogP contribution in [0.3, 0.4) is 0 Å². The molecular formula is C37H44NNaO12. The number of fused-ring (bicyclic) bond motifs is 14. The normalized spacial score (nSPS) is 33.8. The van der Waals surface area contributed by atoms with Crippen molar-refractivity contribution in [3.63, 3.8) is 0 Å². The SMILES string of the molecule is COC1/C=C\OC2(C)Oc3c(C)c([O-])c4c(c3C2=O)C(=O)C=C(NC(=O)/C(C)=C\C=C/C(C)C(O)C(C)C(O)C(C)C(OC(C)=O)C1C)C4=O.[Na+]. The molecule has 51 heavy (non-hydrogen) atoms. The Morgan fingerprint density at radius 2 is 1.61 bits per heavy atom. The minimum Gasteiger partial charge on any atom is -0.872 e. The topological polar surface area (TPSA) is 198 Å². The molecule has 9 atom stereocenters. The molecule has 4 aliphatic rings. The Balaban J connectivity index is 0.00000702. The Labute approximate surface area is 319 Å². The van der Waals surface area contributed by atoms with Gasteiger partial charge in [0.25, 0.3) is 11.7 Å². The average Bonchev–Trinajstić information content (AvgIpc) is 3.33. The molecule has 0 saturated carbocycles. The second kappa shape index (κ2) is 16.4. The summed E-state index contributed by atoms with van der Waals surface area (Å²) in [5.41, 5.74) is -1.69. The van der Waals surface area contributed by atoms with Crippen LogP contribution in [0.1, 0.15) is 85.1 Å². The van der Waals surface area contributed by atoms with Crippen molar-refractivity contribution < 1.29 is 87.8 Å². The summed E-state index contributed by atoms with van der Waals surface area (Å²) in [4.78, 5) is 66.1. The van der Waals surface area contributed by atoms with E-state index in [0.717, 1.165) is 12.3 Å². The minimum atomic E-state index is -2.06. The van der Waals surface area contributed by atoms with Crippen LogP contribution in [-0.2, 0) is 23.8 Å². The predicted octanol–water partition coefficient (Wildman–Crippen LogP) is 0.00232. The molecule has 1 aromatic rings. The van der Waals surface area contributed by atoms with E-state index in [-0.39, 0.29) is 52.0 Å². The van der Waals surface area contributed by atoms with Gasteiger partial charge in [0.15, 0.2) is 5.78 Å². The number of carbonyl (C=O) groups excluding carboxylic acids is 5. The van der Waals surface area contributed by atoms with Crippen LogP contribution in [0.2, 0.25) is 0 Å². The Bertz CT molecular complexity index is 1730. The number of aliphatic hydroxyl groups is 2. The first-order chi connectivity index (χ1) is 23.4. The van der Waals surface area contributed by atoms with E-state index in [1.54, 1.807) is 33.8 Å². The molecule has 3 aliphatic heterocycles. The van der Waals surface area contributed by atoms with Crippen LogP contribution < -0.4 is 44.7 Å². The Hall–Kier alpha value is -3.59. The summed E-state index contributed by atoms with van der Waals surface area (Å²) in [6, 6.07) is 0. The molecule has 0 saturated heterocycles. The van der Waals surface area contributed by atoms with E-state index in [9.17, 15) is 39.3 Å². The number of carbonyl (C=O) groups is 5. The number of esters is 1. The van der Waals surface area contributed by atoms with E-state index >= 15 is 0 Å². The zero-order valence-corrected chi connectivity index (χ0v) is 32.6. The molecule has 0 radical (unpaired) electrons. The smallest absolute Gasteiger partial charge is 0.872 e. The zero-order chi connectivity index (χ0) is 37.4. The molecule has 1 amide bonds. The van der Waals surface area contributed by atoms with Crippen molar-refractivity contribution in [3.05, 3.63) is 70.2 Å². The monoisotopic (exact) mass is 717 g/mol. The second-order valence-electron chi connectivity index (χ2n) is 13.4. The molecule has 14 heteroatoms. The van der Waals surface area contributed by atoms with Gasteiger partial charge in [-0.3, -0.25) is 24.0 Å². The van der Waals surface area contributed by atoms with Crippen LogP contribution in [0, 0.1) is 30.6 Å². The number of aliphatic hydroxyl groups excluding tert-OH is 2. The first kappa shape index (κ1) is 41.8. The molecule has 3 heterocycles. The minimum absolute atomic E-state index is 0. The Morgan fingerprint density at radius 1 is 0.961 bits per heavy atom. The quantitative estimate of drug-likeness (QED) is 0.274. The van der Waals surface area contributed by atoms with Crippen molar-refractivity contribution in [1.29, 1.82) is 0 Å². The number of ketones is 3. The fourth-order valence-corrected chi connectivity index (χ4v) is 6.61. The fraction of sp³-hybridized carbons (Fsp3) is 0.486. The van der Waals surface area contributed by atoms with Crippen molar-refractivity contribution in [2.45, 2.75) is 85.6 Å². The molecule has 0 aromatic heterocycles. The molecule has 5 bridgehead atoms. The number of allylic oxidation sites excluding steroid dienone is 4. The number of methoxy groups -OCH3 is 1. The van der Waals surface area contributed by atoms with Crippen LogP contribution in [-0.4, -0.2) is 76.8 Å². The van der Waals surface area contributed by atoms with Gasteiger partial charge >= 0.3 is 41.3 Å². The number of rotatable bonds is 2. The van der Waals surface area contributed by atoms with Gasteiger partial charge < -0.3 is 39.6 Å². The van der Waals surface area contributed by atoms with Crippen LogP contribution in [0.15, 0.2) is 47.9 Å². The third kappa shape index (κ3) is 8.08. The summed E-state index contributed by atoms with van der Waals surface area (Å²) in [5.74, 6) is -9.51. The summed E-state index contributed by atoms with van der Waals surface area (Å²) < 4.78 is 23.0. The van der Waals surface area contributed by atoms with E-state index in [1.807, 2.05) is 0 Å². The largest absolute Gasteiger partial charge is 1.00 e. The third-order valence-corrected chi connectivity index (χ3v) is 9.78. The van der Waals surface area contributed by atoms with Crippen LogP contribution >= 0.6 is 0 Å². The average molecular weight is 718 g/mol. The number of nitrogens with one attached hydrogen (secondary N) is 1. The molecule has 1 aliphatic carbocycles. The van der Waals surface area contributed by atoms with Gasteiger partial charge in [-0.2, -0.15) is 0 Å². The van der Waals surface area contributed by atoms with Crippen LogP contribution in [0.4, 0.5) is 0 Å². The van der Waals surface area contributed by atoms with E-state index in [2.05, 4.69) is 5.32 Å². The molecule has 13 nitrogen and oxygen atoms in total. The number of Topliss-reactive ketones (excluding diaryl/α,β-unsaturated/α-hetero) is 2. The molecule has 3 N–H and O–H groups in total. The summed E-state index contributed by atoms with van der Waals surface area (Å²) >= 11 is 0. The van der Waals surface area contributed by atoms with Crippen LogP contribution in [0.25, 0.3) is 0 Å². The maximum atomic E-state index is 13.9. The molecule has 1 aromatic carbocycles. The van der Waals surface area contributed by atoms with Gasteiger partial charge in [0, 0.05) is 67.4 Å². The molecule has 5 rings (SSSR count). The maximum Gasteiger partial charge on any atom is 1.00 e. The van der Waals surface area contributed by atoms with E-state index in [0.29, 0.717) is 0 Å². The van der Waals surface area contributed by atoms with Gasteiger partial charge in [-0.15, -0.1) is 0 Å². The van der Waals surface area contributed by atoms with Gasteiger partial charge in [0.1, 0.15) is 11.9 Å². The van der Waals surface area contributed by atoms with Gasteiger partial charge in [-0.05, 0) is 25.5 Å². The molecule has 9 unspecified atom stereocenters. The Morgan fingerprint density at radius 3 is 2.22 bits per heavy atom. The Kier molecular flexibility index (Phi) is 13.4. The summed E-state index contributed by atoms with van der Waals surface area (Å²) in [6.45, 7) is 12.2. The summed E-state index contributed by atoms with van der Waals surface area (Å²) in [5, 5.41) is 38.4. The second-order valence-corrected chi connectivity index (χ2v) is 13.4. The van der Waals surface area contributed by atoms with Gasteiger partial charge in [-0.25, -0.2) is 0 Å². The molecule has 0 fully saturated rings. The van der Waals surface area contributed by atoms with Crippen molar-refractivity contribution in [2.24, 2.45) is 23.7 Å². The van der Waals surface area contributed by atoms with Crippen molar-refractivity contribution in [3.8, 4) is 11.5 Å². The number of hydrogen-bond acceptors (Lipinski definition) is 12. The fourth-order valence-electron chi connectivity index (χ4n) is 6.61. The van der Waals surface area contributed by atoms with Gasteiger partial charge in [0.05, 0.1) is 35.8 Å². The van der Waals surface area contributed by atoms with Gasteiger partial charge in [0.2, 0.25) is 5.78 Å². The van der Waals surface area contributed by atoms with Crippen molar-refractivity contribution >= 4 is 29.2 Å². The number of hydrogen-bond donors (Lipinski definition) is 3. The van der Waals surface area contributed by atoms with Crippen molar-refractivity contribution in [1.82, 2.24) is 5.32 Å². The zero-order valence-electron chi connectivity index (χ0n) is 30.6. The standard InChI is InChI=1S/C37H45NO12.Na/c1-16-11-10-12-17(2)36(46)38-23-15-24(40)26-27(32(23)44)31(43)21(6)34-28(26)35(45)37(8,50-34)48-14-13-25(47-9)18(3)33(49-22(7)39)20(5)30(42)19(4)29(16)41;/h10-16,18-20,25,29-30,33,41-43H,1-9H3,(H,38,46);/q;+1/p-1/b11-10-,14-13-,17-12-;.